The van der Waals surface area contributed by atoms with Crippen molar-refractivity contribution in [3.63, 3.8) is 0 Å². The van der Waals surface area contributed by atoms with Crippen molar-refractivity contribution in [2.45, 2.75) is 51.0 Å². The SMILES string of the molecule is Cc1cnc(OCC(=O)NC23CC4CC(CC(C4)C2)C3)c([N+](=O)[O-])c1. The van der Waals surface area contributed by atoms with Crippen LogP contribution in [0.2, 0.25) is 0 Å². The van der Waals surface area contributed by atoms with E-state index >= 15 is 0 Å². The average Bonchev–Trinajstić information content (AvgIpc) is 2.51. The smallest absolute Gasteiger partial charge is 0.331 e. The maximum atomic E-state index is 12.4. The summed E-state index contributed by atoms with van der Waals surface area (Å²) in [4.78, 5) is 26.9. The first-order valence-corrected chi connectivity index (χ1v) is 8.97. The molecular weight excluding hydrogens is 322 g/mol. The lowest BCUT2D eigenvalue weighted by molar-refractivity contribution is -0.386. The van der Waals surface area contributed by atoms with Crippen molar-refractivity contribution in [3.05, 3.63) is 27.9 Å². The highest BCUT2D eigenvalue weighted by atomic mass is 16.6. The zero-order valence-electron chi connectivity index (χ0n) is 14.4. The van der Waals surface area contributed by atoms with Gasteiger partial charge in [0.2, 0.25) is 0 Å². The Kier molecular flexibility index (Phi) is 3.89. The van der Waals surface area contributed by atoms with E-state index in [1.54, 1.807) is 6.92 Å². The summed E-state index contributed by atoms with van der Waals surface area (Å²) in [6.07, 6.45) is 8.62. The minimum absolute atomic E-state index is 0.0815. The second kappa shape index (κ2) is 5.97. The van der Waals surface area contributed by atoms with Crippen LogP contribution >= 0.6 is 0 Å². The number of nitrogens with one attached hydrogen (secondary N) is 1. The zero-order chi connectivity index (χ0) is 17.6. The van der Waals surface area contributed by atoms with Crippen LogP contribution in [-0.2, 0) is 4.79 Å². The van der Waals surface area contributed by atoms with Crippen LogP contribution in [0.25, 0.3) is 0 Å². The van der Waals surface area contributed by atoms with Crippen molar-refractivity contribution in [2.75, 3.05) is 6.61 Å². The van der Waals surface area contributed by atoms with Gasteiger partial charge in [0.15, 0.2) is 6.61 Å². The number of aromatic nitrogens is 1. The molecule has 0 aliphatic heterocycles. The van der Waals surface area contributed by atoms with Gasteiger partial charge in [-0.3, -0.25) is 14.9 Å². The van der Waals surface area contributed by atoms with Crippen LogP contribution in [0.3, 0.4) is 0 Å². The Morgan fingerprint density at radius 1 is 1.32 bits per heavy atom. The highest BCUT2D eigenvalue weighted by Gasteiger charge is 2.51. The van der Waals surface area contributed by atoms with Crippen molar-refractivity contribution >= 4 is 11.6 Å². The van der Waals surface area contributed by atoms with Gasteiger partial charge in [-0.15, -0.1) is 0 Å². The summed E-state index contributed by atoms with van der Waals surface area (Å²) in [5.41, 5.74) is 0.390. The molecule has 0 atom stereocenters. The highest BCUT2D eigenvalue weighted by molar-refractivity contribution is 5.78. The Labute approximate surface area is 146 Å². The Hall–Kier alpha value is -2.18. The van der Waals surface area contributed by atoms with Crippen LogP contribution in [0.4, 0.5) is 5.69 Å². The number of nitro groups is 1. The molecule has 1 aromatic heterocycles. The van der Waals surface area contributed by atoms with Gasteiger partial charge in [0.05, 0.1) is 4.92 Å². The summed E-state index contributed by atoms with van der Waals surface area (Å²) in [6, 6.07) is 1.40. The number of hydrogen-bond acceptors (Lipinski definition) is 5. The third-order valence-corrected chi connectivity index (χ3v) is 5.95. The van der Waals surface area contributed by atoms with Crippen LogP contribution in [0.1, 0.15) is 44.1 Å². The van der Waals surface area contributed by atoms with E-state index in [0.717, 1.165) is 37.0 Å². The summed E-state index contributed by atoms with van der Waals surface area (Å²) in [5.74, 6) is 1.92. The van der Waals surface area contributed by atoms with Gasteiger partial charge in [-0.25, -0.2) is 4.98 Å². The number of amides is 1. The van der Waals surface area contributed by atoms with E-state index < -0.39 is 4.92 Å². The number of hydrogen-bond donors (Lipinski definition) is 1. The molecule has 1 aromatic rings. The number of ether oxygens (including phenoxy) is 1. The van der Waals surface area contributed by atoms with Crippen LogP contribution in [-0.4, -0.2) is 28.0 Å². The van der Waals surface area contributed by atoms with Crippen molar-refractivity contribution in [1.82, 2.24) is 10.3 Å². The molecule has 4 aliphatic carbocycles. The number of pyridine rings is 1. The fourth-order valence-electron chi connectivity index (χ4n) is 5.51. The molecule has 4 aliphatic rings. The second-order valence-electron chi connectivity index (χ2n) is 8.13. The first kappa shape index (κ1) is 16.3. The summed E-state index contributed by atoms with van der Waals surface area (Å²) in [7, 11) is 0. The van der Waals surface area contributed by atoms with Crippen molar-refractivity contribution in [2.24, 2.45) is 17.8 Å². The van der Waals surface area contributed by atoms with Crippen LogP contribution in [0.15, 0.2) is 12.3 Å². The molecule has 7 heteroatoms. The number of nitrogens with zero attached hydrogens (tertiary/aromatic N) is 2. The van der Waals surface area contributed by atoms with E-state index in [-0.39, 0.29) is 29.6 Å². The van der Waals surface area contributed by atoms with E-state index in [0.29, 0.717) is 5.56 Å². The van der Waals surface area contributed by atoms with Crippen molar-refractivity contribution < 1.29 is 14.5 Å². The predicted molar refractivity (Wildman–Crippen MR) is 90.2 cm³/mol. The first-order chi connectivity index (χ1) is 11.9. The molecule has 1 heterocycles. The van der Waals surface area contributed by atoms with Gasteiger partial charge in [-0.2, -0.15) is 0 Å². The van der Waals surface area contributed by atoms with Gasteiger partial charge in [0.1, 0.15) is 0 Å². The van der Waals surface area contributed by atoms with Gasteiger partial charge in [-0.1, -0.05) is 0 Å². The van der Waals surface area contributed by atoms with Gasteiger partial charge in [0.25, 0.3) is 11.8 Å². The Bertz CT molecular complexity index is 683. The minimum atomic E-state index is -0.535. The summed E-state index contributed by atoms with van der Waals surface area (Å²) >= 11 is 0. The lowest BCUT2D eigenvalue weighted by Crippen LogP contribution is -2.60. The molecule has 1 amide bonds. The average molecular weight is 345 g/mol. The molecule has 25 heavy (non-hydrogen) atoms. The number of carbonyl (C=O) groups is 1. The van der Waals surface area contributed by atoms with Crippen molar-refractivity contribution in [1.29, 1.82) is 0 Å². The fourth-order valence-corrected chi connectivity index (χ4v) is 5.51. The summed E-state index contributed by atoms with van der Waals surface area (Å²) in [5, 5.41) is 14.3. The predicted octanol–water partition coefficient (Wildman–Crippen LogP) is 2.76. The zero-order valence-corrected chi connectivity index (χ0v) is 14.4. The Balaban J connectivity index is 1.40. The number of rotatable bonds is 5. The fraction of sp³-hybridized carbons (Fsp3) is 0.667. The summed E-state index contributed by atoms with van der Waals surface area (Å²) < 4.78 is 5.36. The lowest BCUT2D eigenvalue weighted by Gasteiger charge is -2.56. The molecule has 1 N–H and O–H groups in total. The Morgan fingerprint density at radius 3 is 2.48 bits per heavy atom. The molecule has 4 saturated carbocycles. The quantitative estimate of drug-likeness (QED) is 0.654. The van der Waals surface area contributed by atoms with Gasteiger partial charge >= 0.3 is 5.69 Å². The van der Waals surface area contributed by atoms with E-state index in [2.05, 4.69) is 10.3 Å². The second-order valence-corrected chi connectivity index (χ2v) is 8.13. The van der Waals surface area contributed by atoms with Gasteiger partial charge < -0.3 is 10.1 Å². The number of carbonyl (C=O) groups excluding carboxylic acids is 1. The molecule has 0 spiro atoms. The van der Waals surface area contributed by atoms with Crippen LogP contribution < -0.4 is 10.1 Å². The lowest BCUT2D eigenvalue weighted by atomic mass is 9.53. The molecule has 4 fully saturated rings. The normalized spacial score (nSPS) is 32.4. The van der Waals surface area contributed by atoms with Crippen molar-refractivity contribution in [3.8, 4) is 5.88 Å². The molecule has 0 saturated heterocycles. The molecule has 7 nitrogen and oxygen atoms in total. The molecule has 0 radical (unpaired) electrons. The maximum Gasteiger partial charge on any atom is 0.331 e. The minimum Gasteiger partial charge on any atom is -0.463 e. The topological polar surface area (TPSA) is 94.4 Å². The van der Waals surface area contributed by atoms with E-state index in [1.807, 2.05) is 0 Å². The molecule has 0 aromatic carbocycles. The largest absolute Gasteiger partial charge is 0.463 e. The van der Waals surface area contributed by atoms with E-state index in [9.17, 15) is 14.9 Å². The number of aryl methyl sites for hydroxylation is 1. The molecular formula is C18H23N3O4. The van der Waals surface area contributed by atoms with E-state index in [1.165, 1.54) is 31.5 Å². The monoisotopic (exact) mass is 345 g/mol. The maximum absolute atomic E-state index is 12.4. The molecule has 0 unspecified atom stereocenters. The van der Waals surface area contributed by atoms with Gasteiger partial charge in [-0.05, 0) is 68.8 Å². The Morgan fingerprint density at radius 2 is 1.92 bits per heavy atom. The molecule has 134 valence electrons. The molecule has 5 rings (SSSR count). The highest BCUT2D eigenvalue weighted by Crippen LogP contribution is 2.55. The van der Waals surface area contributed by atoms with Crippen LogP contribution in [0.5, 0.6) is 5.88 Å². The van der Waals surface area contributed by atoms with E-state index in [4.69, 9.17) is 4.74 Å². The standard InChI is InChI=1S/C18H23N3O4/c1-11-2-15(21(23)24)17(19-9-11)25-10-16(22)20-18-6-12-3-13(7-18)5-14(4-12)8-18/h2,9,12-14H,3-8,10H2,1H3,(H,20,22). The van der Waals surface area contributed by atoms with Crippen LogP contribution in [0, 0.1) is 34.8 Å². The molecule has 4 bridgehead atoms. The summed E-state index contributed by atoms with van der Waals surface area (Å²) in [6.45, 7) is 1.49. The van der Waals surface area contributed by atoms with Gasteiger partial charge in [0, 0.05) is 17.8 Å². The third kappa shape index (κ3) is 3.19. The third-order valence-electron chi connectivity index (χ3n) is 5.95. The first-order valence-electron chi connectivity index (χ1n) is 8.97.